The molecule has 3 aromatic rings. The van der Waals surface area contributed by atoms with Crippen molar-refractivity contribution in [2.75, 3.05) is 13.7 Å². The van der Waals surface area contributed by atoms with Crippen LogP contribution in [0.1, 0.15) is 53.4 Å². The molecule has 40 heavy (non-hydrogen) atoms. The van der Waals surface area contributed by atoms with Gasteiger partial charge in [0.2, 0.25) is 11.8 Å². The highest BCUT2D eigenvalue weighted by atomic mass is 16.5. The first-order valence-corrected chi connectivity index (χ1v) is 13.7. The first-order valence-electron chi connectivity index (χ1n) is 13.7. The van der Waals surface area contributed by atoms with Gasteiger partial charge in [0.05, 0.1) is 18.7 Å². The molecule has 0 unspecified atom stereocenters. The maximum Gasteiger partial charge on any atom is 0.337 e. The van der Waals surface area contributed by atoms with E-state index in [0.29, 0.717) is 38.0 Å². The number of rotatable bonds is 8. The quantitative estimate of drug-likeness (QED) is 0.428. The predicted octanol–water partition coefficient (Wildman–Crippen LogP) is 4.37. The van der Waals surface area contributed by atoms with Crippen LogP contribution in [0.25, 0.3) is 0 Å². The number of carbonyl (C=O) groups is 3. The van der Waals surface area contributed by atoms with Gasteiger partial charge in [-0.15, -0.1) is 0 Å². The summed E-state index contributed by atoms with van der Waals surface area (Å²) < 4.78 is 4.82. The van der Waals surface area contributed by atoms with Gasteiger partial charge in [-0.1, -0.05) is 87.5 Å². The van der Waals surface area contributed by atoms with Crippen LogP contribution in [0.2, 0.25) is 0 Å². The summed E-state index contributed by atoms with van der Waals surface area (Å²) in [7, 11) is 1.35. The van der Waals surface area contributed by atoms with E-state index in [-0.39, 0.29) is 11.8 Å². The summed E-state index contributed by atoms with van der Waals surface area (Å²) in [6.07, 6.45) is 1.10. The molecule has 0 saturated heterocycles. The zero-order valence-corrected chi connectivity index (χ0v) is 23.8. The molecule has 3 aromatic carbocycles. The summed E-state index contributed by atoms with van der Waals surface area (Å²) in [5.74, 6) is -0.739. The third-order valence-corrected chi connectivity index (χ3v) is 7.59. The Morgan fingerprint density at radius 1 is 0.925 bits per heavy atom. The molecule has 0 aliphatic carbocycles. The number of nitrogens with zero attached hydrogens (tertiary/aromatic N) is 2. The van der Waals surface area contributed by atoms with Crippen molar-refractivity contribution in [3.63, 3.8) is 0 Å². The van der Waals surface area contributed by atoms with Gasteiger partial charge in [-0.2, -0.15) is 0 Å². The number of esters is 1. The minimum Gasteiger partial charge on any atom is -0.465 e. The Morgan fingerprint density at radius 2 is 1.55 bits per heavy atom. The first-order chi connectivity index (χ1) is 19.1. The van der Waals surface area contributed by atoms with Crippen LogP contribution in [0.4, 0.5) is 0 Å². The molecule has 1 aliphatic rings. The van der Waals surface area contributed by atoms with Crippen molar-refractivity contribution < 1.29 is 19.1 Å². The van der Waals surface area contributed by atoms with E-state index in [2.05, 4.69) is 0 Å². The van der Waals surface area contributed by atoms with Crippen LogP contribution in [0, 0.1) is 5.41 Å². The Labute approximate surface area is 236 Å². The lowest BCUT2D eigenvalue weighted by atomic mass is 9.85. The number of methoxy groups -OCH3 is 1. The molecule has 0 saturated carbocycles. The highest BCUT2D eigenvalue weighted by Crippen LogP contribution is 2.28. The minimum atomic E-state index is -0.739. The van der Waals surface area contributed by atoms with E-state index in [1.54, 1.807) is 17.0 Å². The lowest BCUT2D eigenvalue weighted by Gasteiger charge is -2.41. The maximum atomic E-state index is 14.4. The van der Waals surface area contributed by atoms with Gasteiger partial charge in [-0.25, -0.2) is 4.79 Å². The molecule has 0 fully saturated rings. The second kappa shape index (κ2) is 12.5. The molecule has 1 heterocycles. The Bertz CT molecular complexity index is 1330. The number of benzene rings is 3. The fourth-order valence-electron chi connectivity index (χ4n) is 5.00. The van der Waals surface area contributed by atoms with E-state index >= 15 is 0 Å². The molecule has 2 amide bonds. The number of ether oxygens (including phenoxy) is 1. The summed E-state index contributed by atoms with van der Waals surface area (Å²) in [6, 6.07) is 23.7. The first kappa shape index (κ1) is 29.0. The SMILES string of the molecule is COC(=O)c1ccc(CN(CCc2ccccc2)C(=O)[C@@H]2Cc3ccccc3CN2C(=O)[C@@H](N)C(C)(C)C)cc1. The van der Waals surface area contributed by atoms with Crippen LogP contribution < -0.4 is 5.73 Å². The van der Waals surface area contributed by atoms with Gasteiger partial charge in [0.15, 0.2) is 0 Å². The Kier molecular flexibility index (Phi) is 9.05. The average Bonchev–Trinajstić information content (AvgIpc) is 2.97. The third kappa shape index (κ3) is 6.77. The average molecular weight is 542 g/mol. The van der Waals surface area contributed by atoms with Gasteiger partial charge in [0.25, 0.3) is 0 Å². The van der Waals surface area contributed by atoms with Crippen LogP contribution >= 0.6 is 0 Å². The van der Waals surface area contributed by atoms with Crippen LogP contribution in [-0.4, -0.2) is 53.3 Å². The van der Waals surface area contributed by atoms with Crippen molar-refractivity contribution in [1.82, 2.24) is 9.80 Å². The summed E-state index contributed by atoms with van der Waals surface area (Å²) >= 11 is 0. The standard InChI is InChI=1S/C33H39N3O4/c1-33(2,3)29(34)31(38)36-22-27-13-9-8-12-26(27)20-28(36)30(37)35(19-18-23-10-6-5-7-11-23)21-24-14-16-25(17-15-24)32(39)40-4/h5-17,28-29H,18-22,34H2,1-4H3/t28-,29+/m0/s1. The molecule has 210 valence electrons. The fraction of sp³-hybridized carbons (Fsp3) is 0.364. The lowest BCUT2D eigenvalue weighted by molar-refractivity contribution is -0.149. The molecule has 1 aliphatic heterocycles. The van der Waals surface area contributed by atoms with Crippen LogP contribution in [0.5, 0.6) is 0 Å². The summed E-state index contributed by atoms with van der Waals surface area (Å²) in [5, 5.41) is 0. The van der Waals surface area contributed by atoms with Gasteiger partial charge in [-0.05, 0) is 46.2 Å². The molecule has 0 bridgehead atoms. The monoisotopic (exact) mass is 541 g/mol. The highest BCUT2D eigenvalue weighted by molar-refractivity contribution is 5.91. The van der Waals surface area contributed by atoms with Gasteiger partial charge in [-0.3, -0.25) is 9.59 Å². The molecule has 2 N–H and O–H groups in total. The van der Waals surface area contributed by atoms with Gasteiger partial charge < -0.3 is 20.3 Å². The lowest BCUT2D eigenvalue weighted by Crippen LogP contribution is -2.59. The molecule has 7 heteroatoms. The molecule has 0 spiro atoms. The fourth-order valence-corrected chi connectivity index (χ4v) is 5.00. The second-order valence-electron chi connectivity index (χ2n) is 11.5. The van der Waals surface area contributed by atoms with E-state index in [9.17, 15) is 14.4 Å². The molecule has 0 radical (unpaired) electrons. The topological polar surface area (TPSA) is 92.9 Å². The van der Waals surface area contributed by atoms with E-state index < -0.39 is 23.5 Å². The van der Waals surface area contributed by atoms with E-state index in [1.807, 2.05) is 92.4 Å². The van der Waals surface area contributed by atoms with Crippen molar-refractivity contribution in [3.05, 3.63) is 107 Å². The van der Waals surface area contributed by atoms with E-state index in [4.69, 9.17) is 10.5 Å². The Morgan fingerprint density at radius 3 is 2.17 bits per heavy atom. The summed E-state index contributed by atoms with van der Waals surface area (Å²) in [6.45, 7) is 6.98. The number of carbonyl (C=O) groups excluding carboxylic acids is 3. The normalized spacial score (nSPS) is 15.6. The molecule has 0 aromatic heterocycles. The van der Waals surface area contributed by atoms with Crippen molar-refractivity contribution in [3.8, 4) is 0 Å². The molecular weight excluding hydrogens is 502 g/mol. The smallest absolute Gasteiger partial charge is 0.337 e. The summed E-state index contributed by atoms with van der Waals surface area (Å²) in [5.41, 5.74) is 10.6. The number of hydrogen-bond acceptors (Lipinski definition) is 5. The Hall–Kier alpha value is -3.97. The number of fused-ring (bicyclic) bond motifs is 1. The predicted molar refractivity (Wildman–Crippen MR) is 155 cm³/mol. The van der Waals surface area contributed by atoms with Crippen LogP contribution in [-0.2, 0) is 40.3 Å². The van der Waals surface area contributed by atoms with E-state index in [0.717, 1.165) is 22.3 Å². The highest BCUT2D eigenvalue weighted by Gasteiger charge is 2.41. The maximum absolute atomic E-state index is 14.4. The molecule has 2 atom stereocenters. The number of nitrogens with two attached hydrogens (primary N) is 1. The van der Waals surface area contributed by atoms with Crippen molar-refractivity contribution in [1.29, 1.82) is 0 Å². The van der Waals surface area contributed by atoms with Gasteiger partial charge >= 0.3 is 5.97 Å². The largest absolute Gasteiger partial charge is 0.465 e. The minimum absolute atomic E-state index is 0.114. The molecule has 7 nitrogen and oxygen atoms in total. The zero-order chi connectivity index (χ0) is 28.9. The number of hydrogen-bond donors (Lipinski definition) is 1. The molecular formula is C33H39N3O4. The second-order valence-corrected chi connectivity index (χ2v) is 11.5. The molecule has 4 rings (SSSR count). The van der Waals surface area contributed by atoms with Gasteiger partial charge in [0.1, 0.15) is 6.04 Å². The number of amides is 2. The summed E-state index contributed by atoms with van der Waals surface area (Å²) in [4.78, 5) is 43.5. The van der Waals surface area contributed by atoms with Crippen LogP contribution in [0.3, 0.4) is 0 Å². The van der Waals surface area contributed by atoms with Crippen molar-refractivity contribution in [2.45, 2.75) is 58.8 Å². The van der Waals surface area contributed by atoms with Crippen molar-refractivity contribution >= 4 is 17.8 Å². The van der Waals surface area contributed by atoms with E-state index in [1.165, 1.54) is 7.11 Å². The zero-order valence-electron chi connectivity index (χ0n) is 23.8. The Balaban J connectivity index is 1.65. The third-order valence-electron chi connectivity index (χ3n) is 7.59. The van der Waals surface area contributed by atoms with Crippen molar-refractivity contribution in [2.24, 2.45) is 11.1 Å². The van der Waals surface area contributed by atoms with Crippen LogP contribution in [0.15, 0.2) is 78.9 Å². The van der Waals surface area contributed by atoms with Gasteiger partial charge in [0, 0.05) is 26.1 Å².